The summed E-state index contributed by atoms with van der Waals surface area (Å²) in [4.78, 5) is 43.4. The molecule has 266 valence electrons. The Hall–Kier alpha value is -2.47. The van der Waals surface area contributed by atoms with Gasteiger partial charge in [0.1, 0.15) is 16.8 Å². The number of hydrogen-bond donors (Lipinski definition) is 0. The van der Waals surface area contributed by atoms with Crippen molar-refractivity contribution in [3.05, 3.63) is 52.0 Å². The molecule has 0 amide bonds. The van der Waals surface area contributed by atoms with Crippen molar-refractivity contribution < 1.29 is 23.9 Å². The van der Waals surface area contributed by atoms with Crippen molar-refractivity contribution in [3.8, 4) is 0 Å². The third-order valence-corrected chi connectivity index (χ3v) is 16.4. The molecular weight excluding hydrogens is 634 g/mol. The highest BCUT2D eigenvalue weighted by Gasteiger charge is 2.71. The zero-order valence-corrected chi connectivity index (χ0v) is 31.7. The maximum Gasteiger partial charge on any atom is 0.302 e. The monoisotopic (exact) mass is 689 g/mol. The van der Waals surface area contributed by atoms with Crippen LogP contribution in [0.15, 0.2) is 35.1 Å². The molecule has 49 heavy (non-hydrogen) atoms. The summed E-state index contributed by atoms with van der Waals surface area (Å²) in [5, 5.41) is -0.128. The fraction of sp³-hybridized carbons (Fsp3) is 0.714. The van der Waals surface area contributed by atoms with E-state index in [1.54, 1.807) is 19.1 Å². The molecule has 0 spiro atoms. The summed E-state index contributed by atoms with van der Waals surface area (Å²) in [6.07, 6.45) is 10.9. The quantitative estimate of drug-likeness (QED) is 0.226. The van der Waals surface area contributed by atoms with Crippen molar-refractivity contribution in [2.45, 2.75) is 126 Å². The summed E-state index contributed by atoms with van der Waals surface area (Å²) in [5.74, 6) is 1.57. The van der Waals surface area contributed by atoms with Crippen LogP contribution < -0.4 is 0 Å². The number of ketones is 2. The molecule has 1 heterocycles. The molecule has 0 aliphatic heterocycles. The Morgan fingerprint density at radius 3 is 2.33 bits per heavy atom. The largest absolute Gasteiger partial charge is 0.484 e. The molecule has 7 heteroatoms. The molecule has 7 rings (SSSR count). The number of esters is 1. The first-order valence-electron chi connectivity index (χ1n) is 18.8. The van der Waals surface area contributed by atoms with Crippen molar-refractivity contribution >= 4 is 29.1 Å². The van der Waals surface area contributed by atoms with Crippen LogP contribution in [-0.4, -0.2) is 35.2 Å². The number of fused-ring (bicyclic) bond motifs is 8. The van der Waals surface area contributed by atoms with Gasteiger partial charge in [-0.15, -0.1) is 0 Å². The van der Waals surface area contributed by atoms with Crippen molar-refractivity contribution in [3.63, 3.8) is 0 Å². The first-order chi connectivity index (χ1) is 22.9. The molecule has 0 unspecified atom stereocenters. The van der Waals surface area contributed by atoms with E-state index in [4.69, 9.17) is 21.1 Å². The number of nitrogens with zero attached hydrogens (tertiary/aromatic N) is 1. The smallest absolute Gasteiger partial charge is 0.302 e. The van der Waals surface area contributed by atoms with Crippen LogP contribution in [0.1, 0.15) is 139 Å². The molecule has 0 saturated heterocycles. The second-order valence-corrected chi connectivity index (χ2v) is 18.8. The minimum absolute atomic E-state index is 0.0318. The van der Waals surface area contributed by atoms with E-state index in [9.17, 15) is 14.4 Å². The highest BCUT2D eigenvalue weighted by Crippen LogP contribution is 2.77. The third kappa shape index (κ3) is 4.84. The molecule has 0 aromatic carbocycles. The number of carbonyl (C=O) groups is 3. The van der Waals surface area contributed by atoms with Crippen molar-refractivity contribution in [2.75, 3.05) is 6.61 Å². The summed E-state index contributed by atoms with van der Waals surface area (Å²) in [6, 6.07) is 3.37. The summed E-state index contributed by atoms with van der Waals surface area (Å²) in [6.45, 7) is 23.1. The van der Waals surface area contributed by atoms with Crippen LogP contribution in [-0.2, 0) is 14.3 Å². The predicted octanol–water partition coefficient (Wildman–Crippen LogP) is 9.83. The third-order valence-electron chi connectivity index (χ3n) is 16.1. The molecule has 6 aliphatic carbocycles. The summed E-state index contributed by atoms with van der Waals surface area (Å²) in [5.41, 5.74) is 2.68. The van der Waals surface area contributed by atoms with E-state index >= 15 is 0 Å². The maximum atomic E-state index is 13.7. The molecule has 6 nitrogen and oxygen atoms in total. The van der Waals surface area contributed by atoms with Crippen LogP contribution in [0, 0.1) is 63.6 Å². The molecular formula is C42H56ClNO5. The van der Waals surface area contributed by atoms with Crippen LogP contribution in [0.25, 0.3) is 0 Å². The van der Waals surface area contributed by atoms with Gasteiger partial charge < -0.3 is 9.47 Å². The lowest BCUT2D eigenvalue weighted by Crippen LogP contribution is -2.67. The Balaban J connectivity index is 1.17. The Morgan fingerprint density at radius 1 is 0.898 bits per heavy atom. The van der Waals surface area contributed by atoms with E-state index in [-0.39, 0.29) is 61.2 Å². The SMILES string of the molecule is C=C(C)[C@@H]1CC[C@]2(COC(C)=O)CC[C@]3(C)[C@H](CC[C@@H]4[C@@]5(C)CC[C@H](OC6=C(Cl)C(=O)c7ccc(C)nc7C6=O)C(C)(C)[C@@H]5CC[C@]43C)[C@@H]12. The lowest BCUT2D eigenvalue weighted by Gasteiger charge is -2.73. The van der Waals surface area contributed by atoms with E-state index in [2.05, 4.69) is 53.1 Å². The maximum absolute atomic E-state index is 13.7. The van der Waals surface area contributed by atoms with Crippen molar-refractivity contribution in [1.29, 1.82) is 0 Å². The summed E-state index contributed by atoms with van der Waals surface area (Å²) < 4.78 is 12.5. The van der Waals surface area contributed by atoms with E-state index < -0.39 is 11.6 Å². The molecule has 6 aliphatic rings. The molecule has 0 bridgehead atoms. The highest BCUT2D eigenvalue weighted by atomic mass is 35.5. The Kier molecular flexibility index (Phi) is 8.22. The van der Waals surface area contributed by atoms with E-state index in [1.165, 1.54) is 31.3 Å². The van der Waals surface area contributed by atoms with Crippen LogP contribution >= 0.6 is 11.6 Å². The number of aromatic nitrogens is 1. The van der Waals surface area contributed by atoms with Gasteiger partial charge in [-0.05, 0) is 136 Å². The number of Topliss-reactive ketones (excluding diaryl/α,β-unsaturated/α-hetero) is 2. The molecule has 1 aromatic heterocycles. The first-order valence-corrected chi connectivity index (χ1v) is 19.2. The molecule has 0 radical (unpaired) electrons. The zero-order valence-electron chi connectivity index (χ0n) is 31.0. The average Bonchev–Trinajstić information content (AvgIpc) is 3.42. The summed E-state index contributed by atoms with van der Waals surface area (Å²) >= 11 is 6.60. The van der Waals surface area contributed by atoms with Crippen LogP contribution in [0.5, 0.6) is 0 Å². The average molecular weight is 690 g/mol. The fourth-order valence-electron chi connectivity index (χ4n) is 13.6. The standard InChI is InChI=1S/C42H56ClNO5/c1-23(2)26-14-19-42(22-48-25(4)45)21-20-40(8)28(32(26)42)12-13-30-39(7)17-16-31(38(5,6)29(39)15-18-41(30,40)9)49-37-33(43)35(46)27-11-10-24(3)44-34(27)36(37)47/h10-11,26,28-32H,1,12-22H2,2-9H3/t26-,28+,29-,30+,31-,32+,39-,40+,41+,42+/m0/s1. The van der Waals surface area contributed by atoms with E-state index in [0.29, 0.717) is 41.9 Å². The number of hydrogen-bond acceptors (Lipinski definition) is 6. The van der Waals surface area contributed by atoms with Gasteiger partial charge in [-0.25, -0.2) is 4.98 Å². The van der Waals surface area contributed by atoms with Gasteiger partial charge in [-0.2, -0.15) is 0 Å². The van der Waals surface area contributed by atoms with Crippen molar-refractivity contribution in [2.24, 2.45) is 56.7 Å². The number of carbonyl (C=O) groups excluding carboxylic acids is 3. The van der Waals surface area contributed by atoms with Gasteiger partial charge in [0.2, 0.25) is 11.6 Å². The summed E-state index contributed by atoms with van der Waals surface area (Å²) in [7, 11) is 0. The lowest BCUT2D eigenvalue weighted by atomic mass is 9.32. The van der Waals surface area contributed by atoms with Gasteiger partial charge in [0.25, 0.3) is 0 Å². The first kappa shape index (κ1) is 35.0. The Bertz CT molecular complexity index is 1660. The van der Waals surface area contributed by atoms with Gasteiger partial charge in [0.15, 0.2) is 5.76 Å². The van der Waals surface area contributed by atoms with Gasteiger partial charge in [0.05, 0.1) is 12.2 Å². The minimum atomic E-state index is -0.392. The van der Waals surface area contributed by atoms with Gasteiger partial charge >= 0.3 is 5.97 Å². The molecule has 5 fully saturated rings. The second-order valence-electron chi connectivity index (χ2n) is 18.4. The topological polar surface area (TPSA) is 82.6 Å². The predicted molar refractivity (Wildman–Crippen MR) is 191 cm³/mol. The molecule has 0 N–H and O–H groups in total. The molecule has 1 aromatic rings. The second kappa shape index (κ2) is 11.5. The van der Waals surface area contributed by atoms with E-state index in [0.717, 1.165) is 38.5 Å². The lowest BCUT2D eigenvalue weighted by molar-refractivity contribution is -0.250. The van der Waals surface area contributed by atoms with Gasteiger partial charge in [0, 0.05) is 23.4 Å². The number of halogens is 1. The minimum Gasteiger partial charge on any atom is -0.484 e. The fourth-order valence-corrected chi connectivity index (χ4v) is 13.8. The Morgan fingerprint density at radius 2 is 1.63 bits per heavy atom. The van der Waals surface area contributed by atoms with Crippen molar-refractivity contribution in [1.82, 2.24) is 4.98 Å². The normalized spacial score (nSPS) is 42.3. The van der Waals surface area contributed by atoms with Crippen LogP contribution in [0.4, 0.5) is 0 Å². The number of pyridine rings is 1. The number of aryl methyl sites for hydroxylation is 1. The van der Waals surface area contributed by atoms with Crippen LogP contribution in [0.3, 0.4) is 0 Å². The van der Waals surface area contributed by atoms with E-state index in [1.807, 2.05) is 6.92 Å². The molecule has 10 atom stereocenters. The number of ether oxygens (including phenoxy) is 2. The Labute approximate surface area is 298 Å². The highest BCUT2D eigenvalue weighted by molar-refractivity contribution is 6.49. The van der Waals surface area contributed by atoms with Gasteiger partial charge in [-0.3, -0.25) is 14.4 Å². The van der Waals surface area contributed by atoms with Crippen LogP contribution in [0.2, 0.25) is 0 Å². The van der Waals surface area contributed by atoms with Gasteiger partial charge in [-0.1, -0.05) is 58.4 Å². The molecule has 5 saturated carbocycles. The number of allylic oxidation sites excluding steroid dienone is 3. The zero-order chi connectivity index (χ0) is 35.5. The number of rotatable bonds is 5.